The van der Waals surface area contributed by atoms with Gasteiger partial charge in [-0.3, -0.25) is 0 Å². The molecular weight excluding hydrogens is 162 g/mol. The normalized spacial score (nSPS) is 14.5. The first-order chi connectivity index (χ1) is 6.02. The molecule has 0 aromatic carbocycles. The lowest BCUT2D eigenvalue weighted by Crippen LogP contribution is -2.37. The molecule has 0 aliphatic rings. The van der Waals surface area contributed by atoms with Crippen molar-refractivity contribution in [1.82, 2.24) is 5.32 Å². The van der Waals surface area contributed by atoms with Gasteiger partial charge >= 0.3 is 0 Å². The molecule has 2 heteroatoms. The van der Waals surface area contributed by atoms with Crippen molar-refractivity contribution in [1.29, 1.82) is 0 Å². The van der Waals surface area contributed by atoms with E-state index in [2.05, 4.69) is 26.1 Å². The Morgan fingerprint density at radius 3 is 2.23 bits per heavy atom. The molecule has 80 valence electrons. The van der Waals surface area contributed by atoms with Crippen molar-refractivity contribution in [2.45, 2.75) is 46.1 Å². The summed E-state index contributed by atoms with van der Waals surface area (Å²) in [5, 5.41) is 3.38. The van der Waals surface area contributed by atoms with E-state index < -0.39 is 0 Å². The molecule has 0 fully saturated rings. The van der Waals surface area contributed by atoms with Crippen molar-refractivity contribution in [3.63, 3.8) is 0 Å². The van der Waals surface area contributed by atoms with Gasteiger partial charge < -0.3 is 10.1 Å². The Kier molecular flexibility index (Phi) is 6.35. The number of unbranched alkanes of at least 4 members (excludes halogenated alkanes) is 1. The van der Waals surface area contributed by atoms with E-state index in [0.29, 0.717) is 11.5 Å². The molecule has 0 radical (unpaired) electrons. The van der Waals surface area contributed by atoms with Crippen molar-refractivity contribution in [3.8, 4) is 0 Å². The Balaban J connectivity index is 3.61. The maximum absolute atomic E-state index is 5.02. The number of ether oxygens (including phenoxy) is 1. The van der Waals surface area contributed by atoms with Gasteiger partial charge in [-0.2, -0.15) is 0 Å². The van der Waals surface area contributed by atoms with Gasteiger partial charge in [-0.05, 0) is 31.7 Å². The standard InChI is InChI=1S/C11H25NO/c1-11(2,3)10(12-4)8-6-7-9-13-5/h10,12H,6-9H2,1-5H3. The van der Waals surface area contributed by atoms with Crippen LogP contribution in [0, 0.1) is 5.41 Å². The maximum atomic E-state index is 5.02. The molecule has 0 saturated carbocycles. The minimum absolute atomic E-state index is 0.363. The van der Waals surface area contributed by atoms with E-state index in [-0.39, 0.29) is 0 Å². The molecule has 0 rings (SSSR count). The highest BCUT2D eigenvalue weighted by atomic mass is 16.5. The lowest BCUT2D eigenvalue weighted by atomic mass is 9.84. The highest BCUT2D eigenvalue weighted by Crippen LogP contribution is 2.22. The fourth-order valence-electron chi connectivity index (χ4n) is 1.61. The summed E-state index contributed by atoms with van der Waals surface area (Å²) in [5.74, 6) is 0. The first-order valence-corrected chi connectivity index (χ1v) is 5.18. The van der Waals surface area contributed by atoms with E-state index in [9.17, 15) is 0 Å². The average molecular weight is 187 g/mol. The van der Waals surface area contributed by atoms with E-state index in [1.807, 2.05) is 7.05 Å². The van der Waals surface area contributed by atoms with Crippen LogP contribution in [-0.4, -0.2) is 26.8 Å². The first kappa shape index (κ1) is 12.9. The van der Waals surface area contributed by atoms with Gasteiger partial charge in [-0.25, -0.2) is 0 Å². The Bertz CT molecular complexity index is 118. The van der Waals surface area contributed by atoms with E-state index >= 15 is 0 Å². The van der Waals surface area contributed by atoms with Crippen LogP contribution >= 0.6 is 0 Å². The molecule has 0 saturated heterocycles. The molecule has 1 N–H and O–H groups in total. The van der Waals surface area contributed by atoms with Crippen LogP contribution in [0.4, 0.5) is 0 Å². The minimum Gasteiger partial charge on any atom is -0.385 e. The van der Waals surface area contributed by atoms with Crippen LogP contribution in [0.5, 0.6) is 0 Å². The molecule has 0 bridgehead atoms. The summed E-state index contributed by atoms with van der Waals surface area (Å²) in [6, 6.07) is 0.615. The molecule has 0 aromatic heterocycles. The fraction of sp³-hybridized carbons (Fsp3) is 1.00. The molecule has 13 heavy (non-hydrogen) atoms. The van der Waals surface area contributed by atoms with Gasteiger partial charge in [0.05, 0.1) is 0 Å². The topological polar surface area (TPSA) is 21.3 Å². The SMILES string of the molecule is CNC(CCCCOC)C(C)(C)C. The third-order valence-electron chi connectivity index (χ3n) is 2.49. The van der Waals surface area contributed by atoms with Crippen molar-refractivity contribution in [2.75, 3.05) is 20.8 Å². The van der Waals surface area contributed by atoms with E-state index in [1.54, 1.807) is 7.11 Å². The van der Waals surface area contributed by atoms with E-state index in [1.165, 1.54) is 19.3 Å². The summed E-state index contributed by atoms with van der Waals surface area (Å²) >= 11 is 0. The van der Waals surface area contributed by atoms with Crippen molar-refractivity contribution < 1.29 is 4.74 Å². The second-order valence-corrected chi connectivity index (χ2v) is 4.70. The Morgan fingerprint density at radius 2 is 1.85 bits per heavy atom. The second kappa shape index (κ2) is 6.39. The second-order valence-electron chi connectivity index (χ2n) is 4.70. The number of hydrogen-bond donors (Lipinski definition) is 1. The van der Waals surface area contributed by atoms with Crippen LogP contribution in [0.1, 0.15) is 40.0 Å². The fourth-order valence-corrected chi connectivity index (χ4v) is 1.61. The highest BCUT2D eigenvalue weighted by molar-refractivity contribution is 4.78. The summed E-state index contributed by atoms with van der Waals surface area (Å²) in [7, 11) is 3.81. The van der Waals surface area contributed by atoms with Gasteiger partial charge in [-0.15, -0.1) is 0 Å². The van der Waals surface area contributed by atoms with E-state index in [4.69, 9.17) is 4.74 Å². The smallest absolute Gasteiger partial charge is 0.0462 e. The number of hydrogen-bond acceptors (Lipinski definition) is 2. The average Bonchev–Trinajstić information content (AvgIpc) is 2.02. The lowest BCUT2D eigenvalue weighted by molar-refractivity contribution is 0.185. The quantitative estimate of drug-likeness (QED) is 0.645. The van der Waals surface area contributed by atoms with Crippen LogP contribution in [-0.2, 0) is 4.74 Å². The Morgan fingerprint density at radius 1 is 1.23 bits per heavy atom. The van der Waals surface area contributed by atoms with Crippen LogP contribution in [0.3, 0.4) is 0 Å². The molecule has 1 atom stereocenters. The largest absolute Gasteiger partial charge is 0.385 e. The summed E-state index contributed by atoms with van der Waals surface area (Å²) in [6.07, 6.45) is 3.66. The molecule has 0 spiro atoms. The lowest BCUT2D eigenvalue weighted by Gasteiger charge is -2.30. The summed E-state index contributed by atoms with van der Waals surface area (Å²) in [5.41, 5.74) is 0.363. The summed E-state index contributed by atoms with van der Waals surface area (Å²) in [6.45, 7) is 7.74. The molecule has 0 aliphatic heterocycles. The van der Waals surface area contributed by atoms with Gasteiger partial charge in [-0.1, -0.05) is 20.8 Å². The molecule has 0 aromatic rings. The van der Waals surface area contributed by atoms with Crippen LogP contribution in [0.15, 0.2) is 0 Å². The Labute approximate surface area is 83.1 Å². The zero-order chi connectivity index (χ0) is 10.3. The van der Waals surface area contributed by atoms with Gasteiger partial charge in [0.15, 0.2) is 0 Å². The minimum atomic E-state index is 0.363. The highest BCUT2D eigenvalue weighted by Gasteiger charge is 2.21. The van der Waals surface area contributed by atoms with Gasteiger partial charge in [0.25, 0.3) is 0 Å². The van der Waals surface area contributed by atoms with Crippen LogP contribution in [0.2, 0.25) is 0 Å². The predicted molar refractivity (Wildman–Crippen MR) is 58.0 cm³/mol. The van der Waals surface area contributed by atoms with Crippen LogP contribution in [0.25, 0.3) is 0 Å². The third-order valence-corrected chi connectivity index (χ3v) is 2.49. The Hall–Kier alpha value is -0.0800. The number of nitrogens with one attached hydrogen (secondary N) is 1. The van der Waals surface area contributed by atoms with Crippen molar-refractivity contribution in [2.24, 2.45) is 5.41 Å². The van der Waals surface area contributed by atoms with Gasteiger partial charge in [0, 0.05) is 19.8 Å². The summed E-state index contributed by atoms with van der Waals surface area (Å²) in [4.78, 5) is 0. The molecule has 0 heterocycles. The summed E-state index contributed by atoms with van der Waals surface area (Å²) < 4.78 is 5.02. The molecule has 1 unspecified atom stereocenters. The molecular formula is C11H25NO. The maximum Gasteiger partial charge on any atom is 0.0462 e. The zero-order valence-electron chi connectivity index (χ0n) is 9.81. The monoisotopic (exact) mass is 187 g/mol. The van der Waals surface area contributed by atoms with Gasteiger partial charge in [0.2, 0.25) is 0 Å². The van der Waals surface area contributed by atoms with Crippen molar-refractivity contribution >= 4 is 0 Å². The van der Waals surface area contributed by atoms with Crippen LogP contribution < -0.4 is 5.32 Å². The molecule has 0 aliphatic carbocycles. The number of methoxy groups -OCH3 is 1. The number of rotatable bonds is 6. The first-order valence-electron chi connectivity index (χ1n) is 5.18. The molecule has 0 amide bonds. The predicted octanol–water partition coefficient (Wildman–Crippen LogP) is 2.44. The third kappa shape index (κ3) is 6.05. The van der Waals surface area contributed by atoms with E-state index in [0.717, 1.165) is 6.61 Å². The molecule has 2 nitrogen and oxygen atoms in total. The van der Waals surface area contributed by atoms with Crippen molar-refractivity contribution in [3.05, 3.63) is 0 Å². The van der Waals surface area contributed by atoms with Gasteiger partial charge in [0.1, 0.15) is 0 Å². The zero-order valence-corrected chi connectivity index (χ0v) is 9.81.